The van der Waals surface area contributed by atoms with Gasteiger partial charge in [0.2, 0.25) is 0 Å². The van der Waals surface area contributed by atoms with Gasteiger partial charge in [-0.05, 0) is 44.2 Å². The van der Waals surface area contributed by atoms with E-state index >= 15 is 0 Å². The van der Waals surface area contributed by atoms with Crippen molar-refractivity contribution in [1.29, 1.82) is 0 Å². The molecular formula is C12H24N2. The maximum atomic E-state index is 3.59. The van der Waals surface area contributed by atoms with Crippen LogP contribution < -0.4 is 5.32 Å². The van der Waals surface area contributed by atoms with E-state index in [1.54, 1.807) is 0 Å². The Hall–Kier alpha value is -0.0800. The predicted octanol–water partition coefficient (Wildman–Crippen LogP) is 1.86. The third kappa shape index (κ3) is 2.71. The summed E-state index contributed by atoms with van der Waals surface area (Å²) in [5.74, 6) is 0. The Bertz CT molecular complexity index is 183. The number of nitrogens with one attached hydrogen (secondary N) is 1. The van der Waals surface area contributed by atoms with Gasteiger partial charge in [0.15, 0.2) is 0 Å². The van der Waals surface area contributed by atoms with Gasteiger partial charge >= 0.3 is 0 Å². The Morgan fingerprint density at radius 1 is 1.36 bits per heavy atom. The Morgan fingerprint density at radius 2 is 2.21 bits per heavy atom. The fourth-order valence-electron chi connectivity index (χ4n) is 2.92. The van der Waals surface area contributed by atoms with Gasteiger partial charge in [0.1, 0.15) is 0 Å². The molecule has 2 aliphatic rings. The van der Waals surface area contributed by atoms with E-state index in [4.69, 9.17) is 0 Å². The summed E-state index contributed by atoms with van der Waals surface area (Å²) in [5.41, 5.74) is 0.552. The first kappa shape index (κ1) is 10.4. The Balaban J connectivity index is 1.79. The zero-order valence-corrected chi connectivity index (χ0v) is 9.68. The highest BCUT2D eigenvalue weighted by atomic mass is 15.2. The number of hydrogen-bond donors (Lipinski definition) is 1. The quantitative estimate of drug-likeness (QED) is 0.725. The van der Waals surface area contributed by atoms with Gasteiger partial charge in [0, 0.05) is 19.1 Å². The van der Waals surface area contributed by atoms with Gasteiger partial charge in [-0.2, -0.15) is 0 Å². The lowest BCUT2D eigenvalue weighted by atomic mass is 9.84. The van der Waals surface area contributed by atoms with Gasteiger partial charge in [0.05, 0.1) is 0 Å². The number of rotatable bonds is 2. The maximum Gasteiger partial charge on any atom is 0.0195 e. The maximum absolute atomic E-state index is 3.59. The van der Waals surface area contributed by atoms with Crippen LogP contribution in [-0.2, 0) is 0 Å². The molecule has 2 fully saturated rings. The van der Waals surface area contributed by atoms with Gasteiger partial charge in [-0.15, -0.1) is 0 Å². The zero-order valence-electron chi connectivity index (χ0n) is 9.68. The van der Waals surface area contributed by atoms with E-state index in [1.165, 1.54) is 51.9 Å². The molecular weight excluding hydrogens is 172 g/mol. The van der Waals surface area contributed by atoms with Crippen LogP contribution in [0.25, 0.3) is 0 Å². The van der Waals surface area contributed by atoms with E-state index in [0.717, 1.165) is 6.04 Å². The molecule has 2 heterocycles. The van der Waals surface area contributed by atoms with Crippen molar-refractivity contribution in [2.45, 2.75) is 45.6 Å². The van der Waals surface area contributed by atoms with E-state index in [0.29, 0.717) is 5.41 Å². The van der Waals surface area contributed by atoms with Crippen LogP contribution in [0, 0.1) is 5.41 Å². The van der Waals surface area contributed by atoms with Gasteiger partial charge in [-0.1, -0.05) is 13.8 Å². The molecule has 1 N–H and O–H groups in total. The SMILES string of the molecule is CC1(C)CCCN(C[C@H]2CCCN2)C1. The second-order valence-electron chi connectivity index (χ2n) is 5.80. The van der Waals surface area contributed by atoms with Crippen LogP contribution >= 0.6 is 0 Å². The fourth-order valence-corrected chi connectivity index (χ4v) is 2.92. The summed E-state index contributed by atoms with van der Waals surface area (Å²) in [6.45, 7) is 9.95. The highest BCUT2D eigenvalue weighted by Crippen LogP contribution is 2.28. The van der Waals surface area contributed by atoms with Crippen molar-refractivity contribution in [3.8, 4) is 0 Å². The van der Waals surface area contributed by atoms with Crippen molar-refractivity contribution >= 4 is 0 Å². The molecule has 82 valence electrons. The molecule has 0 saturated carbocycles. The van der Waals surface area contributed by atoms with Gasteiger partial charge < -0.3 is 10.2 Å². The Morgan fingerprint density at radius 3 is 2.86 bits per heavy atom. The first-order chi connectivity index (χ1) is 6.66. The predicted molar refractivity (Wildman–Crippen MR) is 60.5 cm³/mol. The number of piperidine rings is 1. The molecule has 0 amide bonds. The molecule has 14 heavy (non-hydrogen) atoms. The molecule has 0 unspecified atom stereocenters. The van der Waals surface area contributed by atoms with E-state index in [9.17, 15) is 0 Å². The van der Waals surface area contributed by atoms with E-state index < -0.39 is 0 Å². The van der Waals surface area contributed by atoms with Crippen LogP contribution in [-0.4, -0.2) is 37.1 Å². The van der Waals surface area contributed by atoms with E-state index in [2.05, 4.69) is 24.1 Å². The van der Waals surface area contributed by atoms with Gasteiger partial charge in [-0.25, -0.2) is 0 Å². The van der Waals surface area contributed by atoms with Crippen LogP contribution in [0.2, 0.25) is 0 Å². The topological polar surface area (TPSA) is 15.3 Å². The Labute approximate surface area is 88.1 Å². The normalized spacial score (nSPS) is 33.4. The number of hydrogen-bond acceptors (Lipinski definition) is 2. The third-order valence-electron chi connectivity index (χ3n) is 3.62. The smallest absolute Gasteiger partial charge is 0.0195 e. The number of nitrogens with zero attached hydrogens (tertiary/aromatic N) is 1. The first-order valence-electron chi connectivity index (χ1n) is 6.11. The second-order valence-corrected chi connectivity index (χ2v) is 5.80. The molecule has 0 aliphatic carbocycles. The van der Waals surface area contributed by atoms with Crippen molar-refractivity contribution in [3.63, 3.8) is 0 Å². The standard InChI is InChI=1S/C12H24N2/c1-12(2)6-4-8-14(10-12)9-11-5-3-7-13-11/h11,13H,3-10H2,1-2H3/t11-/m1/s1. The third-order valence-corrected chi connectivity index (χ3v) is 3.62. The minimum absolute atomic E-state index is 0.552. The minimum Gasteiger partial charge on any atom is -0.313 e. The zero-order chi connectivity index (χ0) is 10.0. The summed E-state index contributed by atoms with van der Waals surface area (Å²) in [4.78, 5) is 2.66. The molecule has 1 atom stereocenters. The van der Waals surface area contributed by atoms with E-state index in [1.807, 2.05) is 0 Å². The fraction of sp³-hybridized carbons (Fsp3) is 1.00. The molecule has 0 aromatic heterocycles. The summed E-state index contributed by atoms with van der Waals surface area (Å²) in [5, 5.41) is 3.59. The molecule has 2 saturated heterocycles. The average molecular weight is 196 g/mol. The van der Waals surface area contributed by atoms with Crippen LogP contribution in [0.15, 0.2) is 0 Å². The van der Waals surface area contributed by atoms with Crippen molar-refractivity contribution in [2.24, 2.45) is 5.41 Å². The van der Waals surface area contributed by atoms with Crippen molar-refractivity contribution in [3.05, 3.63) is 0 Å². The van der Waals surface area contributed by atoms with Gasteiger partial charge in [-0.3, -0.25) is 0 Å². The summed E-state index contributed by atoms with van der Waals surface area (Å²) in [6, 6.07) is 0.781. The first-order valence-corrected chi connectivity index (χ1v) is 6.11. The van der Waals surface area contributed by atoms with Crippen molar-refractivity contribution in [2.75, 3.05) is 26.2 Å². The molecule has 0 bridgehead atoms. The average Bonchev–Trinajstić information content (AvgIpc) is 2.54. The Kier molecular flexibility index (Phi) is 3.13. The van der Waals surface area contributed by atoms with Crippen molar-refractivity contribution < 1.29 is 0 Å². The largest absolute Gasteiger partial charge is 0.313 e. The lowest BCUT2D eigenvalue weighted by Crippen LogP contribution is -2.45. The lowest BCUT2D eigenvalue weighted by Gasteiger charge is -2.39. The molecule has 0 radical (unpaired) electrons. The molecule has 0 aromatic rings. The highest BCUT2D eigenvalue weighted by Gasteiger charge is 2.28. The minimum atomic E-state index is 0.552. The lowest BCUT2D eigenvalue weighted by molar-refractivity contribution is 0.110. The van der Waals surface area contributed by atoms with Gasteiger partial charge in [0.25, 0.3) is 0 Å². The summed E-state index contributed by atoms with van der Waals surface area (Å²) >= 11 is 0. The van der Waals surface area contributed by atoms with Crippen LogP contribution in [0.4, 0.5) is 0 Å². The summed E-state index contributed by atoms with van der Waals surface area (Å²) in [6.07, 6.45) is 5.56. The molecule has 0 aromatic carbocycles. The van der Waals surface area contributed by atoms with Crippen LogP contribution in [0.1, 0.15) is 39.5 Å². The molecule has 2 heteroatoms. The summed E-state index contributed by atoms with van der Waals surface area (Å²) in [7, 11) is 0. The van der Waals surface area contributed by atoms with E-state index in [-0.39, 0.29) is 0 Å². The second kappa shape index (κ2) is 4.19. The molecule has 2 aliphatic heterocycles. The number of likely N-dealkylation sites (tertiary alicyclic amines) is 1. The monoisotopic (exact) mass is 196 g/mol. The van der Waals surface area contributed by atoms with Crippen LogP contribution in [0.3, 0.4) is 0 Å². The highest BCUT2D eigenvalue weighted by molar-refractivity contribution is 4.84. The van der Waals surface area contributed by atoms with Crippen LogP contribution in [0.5, 0.6) is 0 Å². The summed E-state index contributed by atoms with van der Waals surface area (Å²) < 4.78 is 0. The molecule has 2 rings (SSSR count). The molecule has 0 spiro atoms. The van der Waals surface area contributed by atoms with Crippen molar-refractivity contribution in [1.82, 2.24) is 10.2 Å². The molecule has 2 nitrogen and oxygen atoms in total.